The molecule has 1 aromatic rings. The van der Waals surface area contributed by atoms with E-state index in [1.807, 2.05) is 0 Å². The highest BCUT2D eigenvalue weighted by Crippen LogP contribution is 2.21. The van der Waals surface area contributed by atoms with Gasteiger partial charge in [0.1, 0.15) is 0 Å². The number of hydrogen-bond acceptors (Lipinski definition) is 5. The third-order valence-corrected chi connectivity index (χ3v) is 4.13. The summed E-state index contributed by atoms with van der Waals surface area (Å²) in [5.41, 5.74) is 0.482. The highest BCUT2D eigenvalue weighted by Gasteiger charge is 2.18. The van der Waals surface area contributed by atoms with Crippen LogP contribution < -0.4 is 10.7 Å². The smallest absolute Gasteiger partial charge is 0.257 e. The number of aryl methyl sites for hydroxylation is 2. The normalized spacial score (nSPS) is 11.9. The standard InChI is InChI=1S/C5H9N3O2S2/c1-3-5(11-4(2)7-3)12(9,10)8-6/h8H,6H2,1-2H3. The Balaban J connectivity index is 3.29. The van der Waals surface area contributed by atoms with Crippen LogP contribution in [0.3, 0.4) is 0 Å². The van der Waals surface area contributed by atoms with E-state index >= 15 is 0 Å². The van der Waals surface area contributed by atoms with E-state index in [-0.39, 0.29) is 4.21 Å². The van der Waals surface area contributed by atoms with E-state index in [1.54, 1.807) is 18.7 Å². The lowest BCUT2D eigenvalue weighted by atomic mass is 10.6. The third-order valence-electron chi connectivity index (χ3n) is 1.26. The molecule has 0 aliphatic heterocycles. The molecule has 12 heavy (non-hydrogen) atoms. The molecule has 0 saturated heterocycles. The predicted octanol–water partition coefficient (Wildman–Crippen LogP) is -0.0881. The molecule has 0 saturated carbocycles. The van der Waals surface area contributed by atoms with Gasteiger partial charge in [-0.3, -0.25) is 5.84 Å². The maximum absolute atomic E-state index is 11.2. The van der Waals surface area contributed by atoms with Crippen LogP contribution in [0.4, 0.5) is 0 Å². The van der Waals surface area contributed by atoms with Crippen LogP contribution in [-0.4, -0.2) is 13.4 Å². The van der Waals surface area contributed by atoms with Crippen molar-refractivity contribution in [2.75, 3.05) is 0 Å². The first-order valence-electron chi connectivity index (χ1n) is 3.14. The molecule has 3 N–H and O–H groups in total. The fourth-order valence-electron chi connectivity index (χ4n) is 0.815. The molecular formula is C5H9N3O2S2. The second-order valence-electron chi connectivity index (χ2n) is 2.23. The summed E-state index contributed by atoms with van der Waals surface area (Å²) in [6.45, 7) is 3.38. The lowest BCUT2D eigenvalue weighted by Crippen LogP contribution is -2.29. The Kier molecular flexibility index (Phi) is 2.47. The van der Waals surface area contributed by atoms with Gasteiger partial charge in [-0.1, -0.05) is 0 Å². The van der Waals surface area contributed by atoms with Crippen LogP contribution in [-0.2, 0) is 10.0 Å². The number of hydrogen-bond donors (Lipinski definition) is 2. The van der Waals surface area contributed by atoms with Gasteiger partial charge in [0.05, 0.1) is 10.7 Å². The van der Waals surface area contributed by atoms with Gasteiger partial charge in [0, 0.05) is 0 Å². The molecule has 0 aliphatic carbocycles. The van der Waals surface area contributed by atoms with E-state index < -0.39 is 10.0 Å². The third kappa shape index (κ3) is 1.63. The molecule has 5 nitrogen and oxygen atoms in total. The van der Waals surface area contributed by atoms with Crippen LogP contribution >= 0.6 is 11.3 Å². The van der Waals surface area contributed by atoms with Crippen LogP contribution in [0.25, 0.3) is 0 Å². The van der Waals surface area contributed by atoms with Gasteiger partial charge in [0.2, 0.25) is 0 Å². The highest BCUT2D eigenvalue weighted by atomic mass is 32.2. The number of nitrogens with two attached hydrogens (primary N) is 1. The first kappa shape index (κ1) is 9.59. The molecule has 0 amide bonds. The minimum atomic E-state index is -3.52. The van der Waals surface area contributed by atoms with Gasteiger partial charge < -0.3 is 0 Å². The second kappa shape index (κ2) is 3.09. The zero-order chi connectivity index (χ0) is 9.35. The summed E-state index contributed by atoms with van der Waals surface area (Å²) in [5.74, 6) is 4.86. The van der Waals surface area contributed by atoms with Crippen molar-refractivity contribution in [2.45, 2.75) is 18.1 Å². The van der Waals surface area contributed by atoms with Crippen LogP contribution in [0.5, 0.6) is 0 Å². The second-order valence-corrected chi connectivity index (χ2v) is 5.34. The number of sulfonamides is 1. The summed E-state index contributed by atoms with van der Waals surface area (Å²) in [6, 6.07) is 0. The molecule has 0 spiro atoms. The molecule has 1 rings (SSSR count). The summed E-state index contributed by atoms with van der Waals surface area (Å²) < 4.78 is 22.5. The van der Waals surface area contributed by atoms with E-state index in [1.165, 1.54) is 0 Å². The average molecular weight is 207 g/mol. The minimum absolute atomic E-state index is 0.183. The predicted molar refractivity (Wildman–Crippen MR) is 46.1 cm³/mol. The largest absolute Gasteiger partial charge is 0.264 e. The number of hydrazine groups is 1. The van der Waals surface area contributed by atoms with Gasteiger partial charge in [0.15, 0.2) is 4.21 Å². The fraction of sp³-hybridized carbons (Fsp3) is 0.400. The number of thiazole rings is 1. The first-order valence-corrected chi connectivity index (χ1v) is 5.44. The van der Waals surface area contributed by atoms with Gasteiger partial charge in [-0.15, -0.1) is 16.2 Å². The van der Waals surface area contributed by atoms with E-state index in [0.717, 1.165) is 11.3 Å². The maximum Gasteiger partial charge on any atom is 0.264 e. The minimum Gasteiger partial charge on any atom is -0.257 e. The molecule has 0 aliphatic rings. The molecule has 0 unspecified atom stereocenters. The van der Waals surface area contributed by atoms with Crippen molar-refractivity contribution in [1.29, 1.82) is 0 Å². The van der Waals surface area contributed by atoms with Crippen molar-refractivity contribution >= 4 is 21.4 Å². The Morgan fingerprint density at radius 2 is 2.08 bits per heavy atom. The molecule has 0 fully saturated rings. The zero-order valence-electron chi connectivity index (χ0n) is 6.66. The lowest BCUT2D eigenvalue weighted by Gasteiger charge is -1.97. The molecule has 0 radical (unpaired) electrons. The molecule has 1 aromatic heterocycles. The molecule has 68 valence electrons. The SMILES string of the molecule is Cc1nc(C)c(S(=O)(=O)NN)s1. The van der Waals surface area contributed by atoms with Crippen LogP contribution in [0.1, 0.15) is 10.7 Å². The van der Waals surface area contributed by atoms with Crippen molar-refractivity contribution in [3.05, 3.63) is 10.7 Å². The fourth-order valence-corrected chi connectivity index (χ4v) is 2.95. The van der Waals surface area contributed by atoms with Gasteiger partial charge >= 0.3 is 0 Å². The molecule has 0 aromatic carbocycles. The van der Waals surface area contributed by atoms with Crippen LogP contribution in [0, 0.1) is 13.8 Å². The number of nitrogens with one attached hydrogen (secondary N) is 1. The Bertz CT molecular complexity index is 381. The quantitative estimate of drug-likeness (QED) is 0.524. The van der Waals surface area contributed by atoms with Gasteiger partial charge in [-0.2, -0.15) is 0 Å². The molecular weight excluding hydrogens is 198 g/mol. The number of rotatable bonds is 2. The van der Waals surface area contributed by atoms with E-state index in [4.69, 9.17) is 5.84 Å². The van der Waals surface area contributed by atoms with Crippen molar-refractivity contribution < 1.29 is 8.42 Å². The van der Waals surface area contributed by atoms with Gasteiger partial charge in [-0.05, 0) is 13.8 Å². The van der Waals surface area contributed by atoms with Crippen molar-refractivity contribution in [2.24, 2.45) is 5.84 Å². The topological polar surface area (TPSA) is 85.1 Å². The molecule has 0 atom stereocenters. The summed E-state index contributed by atoms with van der Waals surface area (Å²) in [6.07, 6.45) is 0. The van der Waals surface area contributed by atoms with E-state index in [2.05, 4.69) is 4.98 Å². The Hall–Kier alpha value is -0.500. The lowest BCUT2D eigenvalue weighted by molar-refractivity contribution is 0.585. The Morgan fingerprint density at radius 3 is 2.42 bits per heavy atom. The first-order chi connectivity index (χ1) is 5.47. The summed E-state index contributed by atoms with van der Waals surface area (Å²) in [7, 11) is -3.52. The van der Waals surface area contributed by atoms with E-state index in [9.17, 15) is 8.42 Å². The van der Waals surface area contributed by atoms with E-state index in [0.29, 0.717) is 10.7 Å². The Morgan fingerprint density at radius 1 is 1.50 bits per heavy atom. The van der Waals surface area contributed by atoms with Crippen LogP contribution in [0.15, 0.2) is 4.21 Å². The summed E-state index contributed by atoms with van der Waals surface area (Å²) in [4.78, 5) is 5.72. The summed E-state index contributed by atoms with van der Waals surface area (Å²) >= 11 is 1.10. The van der Waals surface area contributed by atoms with Crippen LogP contribution in [0.2, 0.25) is 0 Å². The maximum atomic E-state index is 11.2. The molecule has 7 heteroatoms. The molecule has 1 heterocycles. The van der Waals surface area contributed by atoms with Crippen molar-refractivity contribution in [3.8, 4) is 0 Å². The summed E-state index contributed by atoms with van der Waals surface area (Å²) in [5, 5.41) is 0.710. The average Bonchev–Trinajstić information content (AvgIpc) is 2.31. The van der Waals surface area contributed by atoms with Crippen molar-refractivity contribution in [3.63, 3.8) is 0 Å². The van der Waals surface area contributed by atoms with Gasteiger partial charge in [-0.25, -0.2) is 13.4 Å². The monoisotopic (exact) mass is 207 g/mol. The number of aromatic nitrogens is 1. The molecule has 0 bridgehead atoms. The van der Waals surface area contributed by atoms with Crippen molar-refractivity contribution in [1.82, 2.24) is 9.82 Å². The number of nitrogens with zero attached hydrogens (tertiary/aromatic N) is 1. The Labute approximate surface area is 74.6 Å². The zero-order valence-corrected chi connectivity index (χ0v) is 8.29. The highest BCUT2D eigenvalue weighted by molar-refractivity contribution is 7.91. The van der Waals surface area contributed by atoms with Gasteiger partial charge in [0.25, 0.3) is 10.0 Å².